The van der Waals surface area contributed by atoms with Gasteiger partial charge in [-0.1, -0.05) is 17.6 Å². The van der Waals surface area contributed by atoms with Crippen LogP contribution in [0.4, 0.5) is 5.69 Å². The minimum absolute atomic E-state index is 0.0301. The van der Waals surface area contributed by atoms with Gasteiger partial charge in [-0.2, -0.15) is 0 Å². The fourth-order valence-electron chi connectivity index (χ4n) is 0.580. The van der Waals surface area contributed by atoms with E-state index in [4.69, 9.17) is 18.7 Å². The van der Waals surface area contributed by atoms with Crippen LogP contribution in [0.2, 0.25) is 0 Å². The van der Waals surface area contributed by atoms with Crippen LogP contribution in [-0.2, 0) is 0 Å². The molecule has 0 heterocycles. The van der Waals surface area contributed by atoms with Crippen molar-refractivity contribution in [2.45, 2.75) is 0 Å². The highest BCUT2D eigenvalue weighted by molar-refractivity contribution is 6.34. The summed E-state index contributed by atoms with van der Waals surface area (Å²) in [5, 5.41) is 8.96. The summed E-state index contributed by atoms with van der Waals surface area (Å²) >= 11 is 0. The summed E-state index contributed by atoms with van der Waals surface area (Å²) in [7, 11) is 5.29. The van der Waals surface area contributed by atoms with Gasteiger partial charge in [-0.25, -0.2) is 0 Å². The molecule has 0 bridgehead atoms. The molecule has 0 saturated heterocycles. The van der Waals surface area contributed by atoms with Gasteiger partial charge in [-0.3, -0.25) is 0 Å². The van der Waals surface area contributed by atoms with Gasteiger partial charge in [0.1, 0.15) is 13.6 Å². The normalized spacial score (nSPS) is 9.33. The predicted molar refractivity (Wildman–Crippen MR) is 37.9 cm³/mol. The van der Waals surface area contributed by atoms with Gasteiger partial charge in [0.2, 0.25) is 0 Å². The van der Waals surface area contributed by atoms with Crippen molar-refractivity contribution in [2.24, 2.45) is 0 Å². The van der Waals surface area contributed by atoms with Crippen molar-refractivity contribution >= 4 is 19.0 Å². The van der Waals surface area contributed by atoms with E-state index in [9.17, 15) is 0 Å². The maximum Gasteiger partial charge on any atom is 0.131 e. The molecule has 0 aromatic heterocycles. The van der Waals surface area contributed by atoms with Gasteiger partial charge in [0.25, 0.3) is 0 Å². The summed E-state index contributed by atoms with van der Waals surface area (Å²) in [6, 6.07) is 4.86. The Balaban J connectivity index is 3.25. The first-order chi connectivity index (χ1) is 4.22. The van der Waals surface area contributed by atoms with Crippen LogP contribution in [0.25, 0.3) is 0 Å². The van der Waals surface area contributed by atoms with E-state index in [-0.39, 0.29) is 5.75 Å². The third-order valence-electron chi connectivity index (χ3n) is 1.10. The number of para-hydroxylation sites is 1. The number of hydrogen-bond acceptors (Lipinski definition) is 2. The largest absolute Gasteiger partial charge is 0.506 e. The lowest BCUT2D eigenvalue weighted by Crippen LogP contribution is -2.03. The average Bonchev–Trinajstić information content (AvgIpc) is 1.83. The second-order valence-corrected chi connectivity index (χ2v) is 1.79. The van der Waals surface area contributed by atoms with Crippen molar-refractivity contribution in [3.8, 4) is 5.75 Å². The summed E-state index contributed by atoms with van der Waals surface area (Å²) in [5.41, 5.74) is 5.92. The van der Waals surface area contributed by atoms with Gasteiger partial charge in [-0.05, 0) is 6.07 Å². The molecule has 0 aliphatic carbocycles. The van der Waals surface area contributed by atoms with Crippen LogP contribution in [0.1, 0.15) is 0 Å². The zero-order valence-electron chi connectivity index (χ0n) is 4.83. The monoisotopic (exact) mass is 119 g/mol. The van der Waals surface area contributed by atoms with E-state index in [1.807, 2.05) is 0 Å². The lowest BCUT2D eigenvalue weighted by molar-refractivity contribution is 0.482. The molecule has 0 aliphatic rings. The van der Waals surface area contributed by atoms with Crippen molar-refractivity contribution in [2.75, 3.05) is 5.73 Å². The number of nitrogens with two attached hydrogens (primary N) is 1. The summed E-state index contributed by atoms with van der Waals surface area (Å²) in [5.74, 6) is -0.0301. The highest BCUT2D eigenvalue weighted by Gasteiger charge is 1.95. The molecule has 3 N–H and O–H groups in total. The number of rotatable bonds is 0. The molecule has 0 spiro atoms. The van der Waals surface area contributed by atoms with Crippen LogP contribution in [-0.4, -0.2) is 13.0 Å². The Bertz CT molecular complexity index is 204. The molecule has 0 amide bonds. The van der Waals surface area contributed by atoms with Crippen molar-refractivity contribution in [1.29, 1.82) is 0 Å². The van der Waals surface area contributed by atoms with E-state index in [0.717, 1.165) is 0 Å². The van der Waals surface area contributed by atoms with Crippen molar-refractivity contribution in [3.05, 3.63) is 18.2 Å². The first-order valence-corrected chi connectivity index (χ1v) is 2.54. The summed E-state index contributed by atoms with van der Waals surface area (Å²) < 4.78 is 0. The zero-order valence-corrected chi connectivity index (χ0v) is 4.83. The molecule has 44 valence electrons. The Labute approximate surface area is 54.7 Å². The third kappa shape index (κ3) is 0.990. The van der Waals surface area contributed by atoms with Crippen LogP contribution >= 0.6 is 0 Å². The van der Waals surface area contributed by atoms with Crippen LogP contribution in [0.5, 0.6) is 5.75 Å². The molecular weight excluding hydrogens is 113 g/mol. The summed E-state index contributed by atoms with van der Waals surface area (Å²) in [6.45, 7) is 0. The molecule has 0 aliphatic heterocycles. The number of benzene rings is 1. The molecule has 2 nitrogen and oxygen atoms in total. The fraction of sp³-hybridized carbons (Fsp3) is 0. The van der Waals surface area contributed by atoms with Gasteiger partial charge < -0.3 is 10.8 Å². The maximum absolute atomic E-state index is 8.96. The number of phenols is 1. The van der Waals surface area contributed by atoms with Crippen molar-refractivity contribution < 1.29 is 5.11 Å². The van der Waals surface area contributed by atoms with Crippen LogP contribution in [0, 0.1) is 0 Å². The molecule has 0 saturated carbocycles. The molecule has 1 rings (SSSR count). The van der Waals surface area contributed by atoms with E-state index in [1.165, 1.54) is 0 Å². The number of hydrogen-bond donors (Lipinski definition) is 2. The Kier molecular flexibility index (Phi) is 1.34. The Morgan fingerprint density at radius 1 is 1.44 bits per heavy atom. The molecule has 0 atom stereocenters. The van der Waals surface area contributed by atoms with Gasteiger partial charge in [-0.15, -0.1) is 0 Å². The van der Waals surface area contributed by atoms with E-state index in [1.54, 1.807) is 18.2 Å². The third-order valence-corrected chi connectivity index (χ3v) is 1.10. The quantitative estimate of drug-likeness (QED) is 0.281. The van der Waals surface area contributed by atoms with Crippen LogP contribution < -0.4 is 11.2 Å². The smallest absolute Gasteiger partial charge is 0.131 e. The molecular formula is C6H6BNO. The maximum atomic E-state index is 8.96. The minimum Gasteiger partial charge on any atom is -0.506 e. The Morgan fingerprint density at radius 3 is 2.56 bits per heavy atom. The molecule has 2 radical (unpaired) electrons. The van der Waals surface area contributed by atoms with E-state index < -0.39 is 0 Å². The highest BCUT2D eigenvalue weighted by Crippen LogP contribution is 2.13. The van der Waals surface area contributed by atoms with E-state index in [0.29, 0.717) is 11.2 Å². The predicted octanol–water partition coefficient (Wildman–Crippen LogP) is -0.232. The zero-order chi connectivity index (χ0) is 6.85. The average molecular weight is 119 g/mol. The van der Waals surface area contributed by atoms with Gasteiger partial charge in [0.15, 0.2) is 0 Å². The van der Waals surface area contributed by atoms with Gasteiger partial charge in [0.05, 0.1) is 5.69 Å². The van der Waals surface area contributed by atoms with E-state index in [2.05, 4.69) is 0 Å². The Hall–Kier alpha value is -1.12. The van der Waals surface area contributed by atoms with Crippen LogP contribution in [0.15, 0.2) is 18.2 Å². The molecule has 9 heavy (non-hydrogen) atoms. The SMILES string of the molecule is [B]c1cccc(N)c1O. The standard InChI is InChI=1S/C6H6BNO/c7-4-2-1-3-5(8)6(4)9/h1-3,9H,8H2. The fourth-order valence-corrected chi connectivity index (χ4v) is 0.580. The number of anilines is 1. The highest BCUT2D eigenvalue weighted by atomic mass is 16.3. The lowest BCUT2D eigenvalue weighted by atomic mass is 9.95. The topological polar surface area (TPSA) is 46.2 Å². The van der Waals surface area contributed by atoms with E-state index >= 15 is 0 Å². The number of nitrogen functional groups attached to an aromatic ring is 1. The van der Waals surface area contributed by atoms with Crippen molar-refractivity contribution in [3.63, 3.8) is 0 Å². The minimum atomic E-state index is -0.0301. The Morgan fingerprint density at radius 2 is 2.11 bits per heavy atom. The molecule has 0 fully saturated rings. The molecule has 1 aromatic rings. The molecule has 0 unspecified atom stereocenters. The molecule has 3 heteroatoms. The summed E-state index contributed by atoms with van der Waals surface area (Å²) in [4.78, 5) is 0. The second kappa shape index (κ2) is 2.01. The second-order valence-electron chi connectivity index (χ2n) is 1.79. The summed E-state index contributed by atoms with van der Waals surface area (Å²) in [6.07, 6.45) is 0. The van der Waals surface area contributed by atoms with Crippen LogP contribution in [0.3, 0.4) is 0 Å². The van der Waals surface area contributed by atoms with Gasteiger partial charge >= 0.3 is 0 Å². The lowest BCUT2D eigenvalue weighted by Gasteiger charge is -1.99. The number of aromatic hydroxyl groups is 1. The van der Waals surface area contributed by atoms with Crippen molar-refractivity contribution in [1.82, 2.24) is 0 Å². The van der Waals surface area contributed by atoms with Gasteiger partial charge in [0, 0.05) is 0 Å². The first kappa shape index (κ1) is 6.01. The first-order valence-electron chi connectivity index (χ1n) is 2.54. The molecule has 1 aromatic carbocycles. The number of phenolic OH excluding ortho intramolecular Hbond substituents is 1.